The number of amides is 1. The minimum atomic E-state index is -0.612. The predicted molar refractivity (Wildman–Crippen MR) is 137 cm³/mol. The summed E-state index contributed by atoms with van der Waals surface area (Å²) < 4.78 is 0.882. The number of anilines is 1. The van der Waals surface area contributed by atoms with Crippen molar-refractivity contribution < 1.29 is 19.7 Å². The summed E-state index contributed by atoms with van der Waals surface area (Å²) in [5.41, 5.74) is 5.32. The molecule has 3 aliphatic rings. The average Bonchev–Trinajstić information content (AvgIpc) is 3.16. The first-order chi connectivity index (χ1) is 17.1. The molecule has 174 valence electrons. The maximum absolute atomic E-state index is 14.3. The topological polar surface area (TPSA) is 59.0 Å². The molecule has 0 radical (unpaired) electrons. The van der Waals surface area contributed by atoms with Crippen LogP contribution in [-0.4, -0.2) is 17.6 Å². The van der Waals surface area contributed by atoms with Crippen LogP contribution in [-0.2, 0) is 14.6 Å². The van der Waals surface area contributed by atoms with Gasteiger partial charge in [0.2, 0.25) is 5.91 Å². The second-order valence-electron chi connectivity index (χ2n) is 8.76. The van der Waals surface area contributed by atoms with Gasteiger partial charge < -0.3 is 9.99 Å². The number of nitrogens with zero attached hydrogens (tertiary/aromatic N) is 1. The van der Waals surface area contributed by atoms with E-state index in [1.54, 1.807) is 6.08 Å². The third-order valence-corrected chi connectivity index (χ3v) is 7.22. The van der Waals surface area contributed by atoms with Gasteiger partial charge in [-0.3, -0.25) is 9.69 Å². The average molecular weight is 528 g/mol. The van der Waals surface area contributed by atoms with Gasteiger partial charge in [-0.25, -0.2) is 0 Å². The van der Waals surface area contributed by atoms with Crippen LogP contribution in [0, 0.1) is 0 Å². The summed E-state index contributed by atoms with van der Waals surface area (Å²) in [5.74, 6) is -0.146. The number of fused-ring (bicyclic) bond motifs is 2. The Bertz CT molecular complexity index is 1360. The van der Waals surface area contributed by atoms with E-state index in [0.717, 1.165) is 32.4 Å². The molecular formula is C29H22BrNO4. The van der Waals surface area contributed by atoms with Crippen molar-refractivity contribution in [2.24, 2.45) is 0 Å². The Kier molecular flexibility index (Phi) is 5.55. The lowest BCUT2D eigenvalue weighted by atomic mass is 9.84. The molecule has 6 heteroatoms. The summed E-state index contributed by atoms with van der Waals surface area (Å²) in [7, 11) is 0. The molecule has 0 fully saturated rings. The summed E-state index contributed by atoms with van der Waals surface area (Å²) in [6.07, 6.45) is 3.89. The van der Waals surface area contributed by atoms with E-state index in [9.17, 15) is 9.90 Å². The summed E-state index contributed by atoms with van der Waals surface area (Å²) >= 11 is 3.59. The molecule has 0 saturated heterocycles. The molecule has 0 spiro atoms. The van der Waals surface area contributed by atoms with Gasteiger partial charge in [-0.15, -0.1) is 0 Å². The Morgan fingerprint density at radius 2 is 1.66 bits per heavy atom. The maximum atomic E-state index is 14.3. The highest BCUT2D eigenvalue weighted by Gasteiger charge is 2.45. The third kappa shape index (κ3) is 3.79. The van der Waals surface area contributed by atoms with Crippen LogP contribution in [0.3, 0.4) is 0 Å². The molecule has 2 heterocycles. The van der Waals surface area contributed by atoms with E-state index < -0.39 is 5.92 Å². The number of halogens is 1. The quantitative estimate of drug-likeness (QED) is 0.385. The fourth-order valence-electron chi connectivity index (χ4n) is 5.16. The van der Waals surface area contributed by atoms with Gasteiger partial charge in [-0.1, -0.05) is 76.6 Å². The Morgan fingerprint density at radius 1 is 0.971 bits per heavy atom. The molecule has 0 saturated carbocycles. The lowest BCUT2D eigenvalue weighted by Crippen LogP contribution is -2.34. The molecule has 1 amide bonds. The summed E-state index contributed by atoms with van der Waals surface area (Å²) in [6, 6.07) is 25.7. The number of hydrogen-bond acceptors (Lipinski definition) is 4. The zero-order valence-electron chi connectivity index (χ0n) is 18.7. The lowest BCUT2D eigenvalue weighted by Gasteiger charge is -2.30. The number of aliphatic hydroxyl groups is 1. The van der Waals surface area contributed by atoms with Crippen molar-refractivity contribution in [3.05, 3.63) is 135 Å². The minimum Gasteiger partial charge on any atom is -0.508 e. The van der Waals surface area contributed by atoms with E-state index in [2.05, 4.69) is 15.9 Å². The number of allylic oxidation sites excluding steroid dienone is 2. The molecule has 3 aromatic rings. The molecule has 1 aliphatic carbocycles. The zero-order chi connectivity index (χ0) is 23.9. The standard InChI is InChI=1S/C29H22BrNO4/c30-21-11-12-24-22(16-21)27(23-15-20-13-14-34-35-26(20)17-25(23)32)29(33)31(24)28(18-7-3-1-4-8-18)19-9-5-2-6-10-19/h1-13,16-17,27-28,32H,14-15H2. The second kappa shape index (κ2) is 8.87. The molecule has 1 N–H and O–H groups in total. The molecule has 35 heavy (non-hydrogen) atoms. The van der Waals surface area contributed by atoms with Crippen LogP contribution in [0.5, 0.6) is 0 Å². The van der Waals surface area contributed by atoms with E-state index in [1.807, 2.05) is 89.8 Å². The van der Waals surface area contributed by atoms with Crippen LogP contribution >= 0.6 is 15.9 Å². The Labute approximate surface area is 211 Å². The SMILES string of the molecule is O=C1C(C2=C(O)C=C3OOCC=C3C2)c2cc(Br)ccc2N1C(c1ccccc1)c1ccccc1. The van der Waals surface area contributed by atoms with Gasteiger partial charge in [0.25, 0.3) is 0 Å². The van der Waals surface area contributed by atoms with Gasteiger partial charge in [-0.2, -0.15) is 4.89 Å². The van der Waals surface area contributed by atoms with Crippen LogP contribution in [0.4, 0.5) is 5.69 Å². The van der Waals surface area contributed by atoms with Crippen LogP contribution in [0.25, 0.3) is 0 Å². The Balaban J connectivity index is 1.52. The molecule has 0 bridgehead atoms. The summed E-state index contributed by atoms with van der Waals surface area (Å²) in [4.78, 5) is 26.5. The number of rotatable bonds is 4. The highest BCUT2D eigenvalue weighted by Crippen LogP contribution is 2.50. The third-order valence-electron chi connectivity index (χ3n) is 6.72. The largest absolute Gasteiger partial charge is 0.508 e. The van der Waals surface area contributed by atoms with Crippen LogP contribution in [0.1, 0.15) is 35.1 Å². The molecule has 3 aromatic carbocycles. The highest BCUT2D eigenvalue weighted by molar-refractivity contribution is 9.10. The van der Waals surface area contributed by atoms with E-state index in [1.165, 1.54) is 0 Å². The number of hydrogen-bond donors (Lipinski definition) is 1. The number of aliphatic hydroxyl groups excluding tert-OH is 1. The van der Waals surface area contributed by atoms with E-state index in [-0.39, 0.29) is 17.7 Å². The van der Waals surface area contributed by atoms with Crippen molar-refractivity contribution in [3.8, 4) is 0 Å². The highest BCUT2D eigenvalue weighted by atomic mass is 79.9. The van der Waals surface area contributed by atoms with Crippen molar-refractivity contribution in [1.82, 2.24) is 0 Å². The van der Waals surface area contributed by atoms with E-state index in [0.29, 0.717) is 24.4 Å². The van der Waals surface area contributed by atoms with Gasteiger partial charge >= 0.3 is 0 Å². The minimum absolute atomic E-state index is 0.0461. The molecule has 1 atom stereocenters. The zero-order valence-corrected chi connectivity index (χ0v) is 20.3. The fraction of sp³-hybridized carbons (Fsp3) is 0.138. The van der Waals surface area contributed by atoms with Gasteiger partial charge in [0.1, 0.15) is 12.4 Å². The van der Waals surface area contributed by atoms with Gasteiger partial charge in [0.15, 0.2) is 5.76 Å². The smallest absolute Gasteiger partial charge is 0.239 e. The first-order valence-corrected chi connectivity index (χ1v) is 12.3. The van der Waals surface area contributed by atoms with Crippen molar-refractivity contribution in [2.75, 3.05) is 11.5 Å². The first kappa shape index (κ1) is 21.9. The first-order valence-electron chi connectivity index (χ1n) is 11.5. The number of benzene rings is 3. The second-order valence-corrected chi connectivity index (χ2v) is 9.68. The van der Waals surface area contributed by atoms with Crippen molar-refractivity contribution in [2.45, 2.75) is 18.4 Å². The maximum Gasteiger partial charge on any atom is 0.239 e. The fourth-order valence-corrected chi connectivity index (χ4v) is 5.53. The van der Waals surface area contributed by atoms with Gasteiger partial charge in [0, 0.05) is 28.2 Å². The van der Waals surface area contributed by atoms with Gasteiger partial charge in [0.05, 0.1) is 12.0 Å². The van der Waals surface area contributed by atoms with Crippen molar-refractivity contribution in [1.29, 1.82) is 0 Å². The van der Waals surface area contributed by atoms with Crippen LogP contribution < -0.4 is 4.90 Å². The molecule has 0 aromatic heterocycles. The number of carbonyl (C=O) groups excluding carboxylic acids is 1. The molecule has 1 unspecified atom stereocenters. The van der Waals surface area contributed by atoms with E-state index >= 15 is 0 Å². The summed E-state index contributed by atoms with van der Waals surface area (Å²) in [5, 5.41) is 11.0. The Hall–Kier alpha value is -3.61. The van der Waals surface area contributed by atoms with Crippen molar-refractivity contribution >= 4 is 27.5 Å². The summed E-state index contributed by atoms with van der Waals surface area (Å²) in [6.45, 7) is 0.331. The van der Waals surface area contributed by atoms with Crippen LogP contribution in [0.2, 0.25) is 0 Å². The lowest BCUT2D eigenvalue weighted by molar-refractivity contribution is -0.256. The van der Waals surface area contributed by atoms with E-state index in [4.69, 9.17) is 9.78 Å². The van der Waals surface area contributed by atoms with Gasteiger partial charge in [-0.05, 0) is 46.5 Å². The predicted octanol–water partition coefficient (Wildman–Crippen LogP) is 6.66. The van der Waals surface area contributed by atoms with Crippen molar-refractivity contribution in [3.63, 3.8) is 0 Å². The van der Waals surface area contributed by atoms with Crippen LogP contribution in [0.15, 0.2) is 118 Å². The molecule has 6 rings (SSSR count). The Morgan fingerprint density at radius 3 is 2.34 bits per heavy atom. The number of carbonyl (C=O) groups is 1. The normalized spacial score (nSPS) is 19.2. The monoisotopic (exact) mass is 527 g/mol. The molecular weight excluding hydrogens is 506 g/mol. The molecule has 5 nitrogen and oxygen atoms in total. The molecule has 2 aliphatic heterocycles.